The Morgan fingerprint density at radius 3 is 2.77 bits per heavy atom. The first-order valence-corrected chi connectivity index (χ1v) is 9.86. The topological polar surface area (TPSA) is 108 Å². The molecule has 1 aromatic carbocycles. The van der Waals surface area contributed by atoms with Gasteiger partial charge in [0.1, 0.15) is 5.60 Å². The smallest absolute Gasteiger partial charge is 0.410 e. The van der Waals surface area contributed by atoms with Crippen molar-refractivity contribution in [1.29, 1.82) is 5.26 Å². The van der Waals surface area contributed by atoms with Crippen molar-refractivity contribution >= 4 is 12.0 Å². The number of carbonyl (C=O) groups is 2. The lowest BCUT2D eigenvalue weighted by Crippen LogP contribution is -2.41. The standard InChI is InChI=1S/C22H26N4O4/c1-13-9-17(12-26(13)21(28)30-22(3,4)5)25-19(27)20-24-14(2)18(29-20)16-8-6-7-15(10-16)11-23/h6-8,10,13,17H,9,12H2,1-5H3,(H,25,27)/t13-,17-/m1/s1. The molecule has 0 aliphatic carbocycles. The second-order valence-corrected chi connectivity index (χ2v) is 8.51. The second kappa shape index (κ2) is 8.19. The van der Waals surface area contributed by atoms with Gasteiger partial charge in [0.05, 0.1) is 17.3 Å². The molecule has 2 amide bonds. The average Bonchev–Trinajstić information content (AvgIpc) is 3.23. The van der Waals surface area contributed by atoms with Crippen molar-refractivity contribution in [2.45, 2.75) is 58.7 Å². The normalized spacial score (nSPS) is 18.7. The number of aromatic nitrogens is 1. The fraction of sp³-hybridized carbons (Fsp3) is 0.455. The minimum atomic E-state index is -0.576. The predicted octanol–water partition coefficient (Wildman–Crippen LogP) is 3.65. The molecule has 0 bridgehead atoms. The molecule has 1 aromatic heterocycles. The molecule has 1 fully saturated rings. The van der Waals surface area contributed by atoms with Gasteiger partial charge in [-0.2, -0.15) is 5.26 Å². The molecule has 30 heavy (non-hydrogen) atoms. The van der Waals surface area contributed by atoms with Gasteiger partial charge >= 0.3 is 12.0 Å². The van der Waals surface area contributed by atoms with Gasteiger partial charge in [-0.25, -0.2) is 9.78 Å². The van der Waals surface area contributed by atoms with Crippen LogP contribution < -0.4 is 5.32 Å². The molecule has 2 atom stereocenters. The van der Waals surface area contributed by atoms with Gasteiger partial charge in [-0.1, -0.05) is 12.1 Å². The number of hydrogen-bond donors (Lipinski definition) is 1. The van der Waals surface area contributed by atoms with E-state index in [-0.39, 0.29) is 18.0 Å². The van der Waals surface area contributed by atoms with Crippen molar-refractivity contribution in [1.82, 2.24) is 15.2 Å². The van der Waals surface area contributed by atoms with Gasteiger partial charge in [-0.3, -0.25) is 4.79 Å². The highest BCUT2D eigenvalue weighted by Crippen LogP contribution is 2.26. The number of nitriles is 1. The van der Waals surface area contributed by atoms with E-state index in [1.165, 1.54) is 0 Å². The molecular weight excluding hydrogens is 384 g/mol. The molecule has 8 nitrogen and oxygen atoms in total. The molecule has 2 aromatic rings. The first kappa shape index (κ1) is 21.4. The van der Waals surface area contributed by atoms with Crippen LogP contribution in [0.4, 0.5) is 4.79 Å². The number of benzene rings is 1. The minimum Gasteiger partial charge on any atom is -0.444 e. The molecule has 1 aliphatic heterocycles. The Hall–Kier alpha value is -3.34. The van der Waals surface area contributed by atoms with Crippen molar-refractivity contribution < 1.29 is 18.7 Å². The van der Waals surface area contributed by atoms with E-state index in [4.69, 9.17) is 14.4 Å². The summed E-state index contributed by atoms with van der Waals surface area (Å²) in [6.07, 6.45) is 0.222. The van der Waals surface area contributed by atoms with Crippen LogP contribution in [0.25, 0.3) is 11.3 Å². The number of nitrogens with one attached hydrogen (secondary N) is 1. The number of aryl methyl sites for hydroxylation is 1. The molecule has 8 heteroatoms. The maximum atomic E-state index is 12.7. The first-order chi connectivity index (χ1) is 14.1. The molecule has 1 aliphatic rings. The summed E-state index contributed by atoms with van der Waals surface area (Å²) >= 11 is 0. The van der Waals surface area contributed by atoms with Gasteiger partial charge in [-0.15, -0.1) is 0 Å². The summed E-state index contributed by atoms with van der Waals surface area (Å²) in [6.45, 7) is 9.49. The number of carbonyl (C=O) groups excluding carboxylic acids is 2. The Morgan fingerprint density at radius 1 is 1.37 bits per heavy atom. The molecule has 2 heterocycles. The maximum Gasteiger partial charge on any atom is 0.410 e. The predicted molar refractivity (Wildman–Crippen MR) is 110 cm³/mol. The fourth-order valence-electron chi connectivity index (χ4n) is 3.45. The van der Waals surface area contributed by atoms with Crippen LogP contribution in [0.3, 0.4) is 0 Å². The number of hydrogen-bond acceptors (Lipinski definition) is 6. The van der Waals surface area contributed by atoms with E-state index in [9.17, 15) is 9.59 Å². The second-order valence-electron chi connectivity index (χ2n) is 8.51. The lowest BCUT2D eigenvalue weighted by Gasteiger charge is -2.26. The van der Waals surface area contributed by atoms with Gasteiger partial charge in [0.25, 0.3) is 5.89 Å². The van der Waals surface area contributed by atoms with Crippen LogP contribution >= 0.6 is 0 Å². The lowest BCUT2D eigenvalue weighted by molar-refractivity contribution is 0.0235. The van der Waals surface area contributed by atoms with E-state index in [1.807, 2.05) is 27.7 Å². The average molecular weight is 410 g/mol. The van der Waals surface area contributed by atoms with Gasteiger partial charge in [0.2, 0.25) is 0 Å². The van der Waals surface area contributed by atoms with Crippen molar-refractivity contribution in [3.05, 3.63) is 41.4 Å². The third-order valence-electron chi connectivity index (χ3n) is 4.78. The van der Waals surface area contributed by atoms with Crippen LogP contribution in [0.5, 0.6) is 0 Å². The van der Waals surface area contributed by atoms with E-state index in [0.717, 1.165) is 0 Å². The first-order valence-electron chi connectivity index (χ1n) is 9.86. The Labute approximate surface area is 175 Å². The highest BCUT2D eigenvalue weighted by molar-refractivity contribution is 5.90. The molecular formula is C22H26N4O4. The fourth-order valence-corrected chi connectivity index (χ4v) is 3.45. The molecule has 158 valence electrons. The molecule has 0 radical (unpaired) electrons. The van der Waals surface area contributed by atoms with Gasteiger partial charge in [0.15, 0.2) is 5.76 Å². The monoisotopic (exact) mass is 410 g/mol. The van der Waals surface area contributed by atoms with E-state index in [2.05, 4.69) is 16.4 Å². The zero-order chi connectivity index (χ0) is 22.1. The summed E-state index contributed by atoms with van der Waals surface area (Å²) in [5.74, 6) is -0.0373. The quantitative estimate of drug-likeness (QED) is 0.827. The Kier molecular flexibility index (Phi) is 5.83. The largest absolute Gasteiger partial charge is 0.444 e. The van der Waals surface area contributed by atoms with Crippen molar-refractivity contribution in [3.63, 3.8) is 0 Å². The summed E-state index contributed by atoms with van der Waals surface area (Å²) in [4.78, 5) is 30.9. The van der Waals surface area contributed by atoms with Gasteiger partial charge in [0, 0.05) is 24.2 Å². The van der Waals surface area contributed by atoms with Crippen LogP contribution in [0.15, 0.2) is 28.7 Å². The van der Waals surface area contributed by atoms with Gasteiger partial charge < -0.3 is 19.4 Å². The summed E-state index contributed by atoms with van der Waals surface area (Å²) in [6, 6.07) is 8.73. The van der Waals surface area contributed by atoms with Crippen LogP contribution in [0.1, 0.15) is 56.1 Å². The van der Waals surface area contributed by atoms with E-state index in [0.29, 0.717) is 35.5 Å². The van der Waals surface area contributed by atoms with Crippen LogP contribution in [0, 0.1) is 18.3 Å². The number of likely N-dealkylation sites (tertiary alicyclic amines) is 1. The third-order valence-corrected chi connectivity index (χ3v) is 4.78. The van der Waals surface area contributed by atoms with E-state index in [1.54, 1.807) is 36.1 Å². The summed E-state index contributed by atoms with van der Waals surface area (Å²) in [5, 5.41) is 12.0. The molecule has 0 saturated carbocycles. The van der Waals surface area contributed by atoms with E-state index >= 15 is 0 Å². The number of rotatable bonds is 3. The van der Waals surface area contributed by atoms with Crippen molar-refractivity contribution in [3.8, 4) is 17.4 Å². The summed E-state index contributed by atoms with van der Waals surface area (Å²) < 4.78 is 11.1. The van der Waals surface area contributed by atoms with Crippen LogP contribution in [-0.4, -0.2) is 46.1 Å². The Balaban J connectivity index is 1.68. The Bertz CT molecular complexity index is 999. The molecule has 1 saturated heterocycles. The SMILES string of the molecule is Cc1nc(C(=O)N[C@@H]2C[C@@H](C)N(C(=O)OC(C)(C)C)C2)oc1-c1cccc(C#N)c1. The summed E-state index contributed by atoms with van der Waals surface area (Å²) in [5.41, 5.74) is 1.16. The summed E-state index contributed by atoms with van der Waals surface area (Å²) in [7, 11) is 0. The highest BCUT2D eigenvalue weighted by atomic mass is 16.6. The molecule has 0 unspecified atom stereocenters. The molecule has 0 spiro atoms. The highest BCUT2D eigenvalue weighted by Gasteiger charge is 2.36. The number of nitrogens with zero attached hydrogens (tertiary/aromatic N) is 3. The Morgan fingerprint density at radius 2 is 2.10 bits per heavy atom. The van der Waals surface area contributed by atoms with Crippen molar-refractivity contribution in [2.75, 3.05) is 6.54 Å². The molecule has 3 rings (SSSR count). The third kappa shape index (κ3) is 4.79. The van der Waals surface area contributed by atoms with E-state index < -0.39 is 17.6 Å². The number of ether oxygens (including phenoxy) is 1. The maximum absolute atomic E-state index is 12.7. The number of oxazole rings is 1. The van der Waals surface area contributed by atoms with Gasteiger partial charge in [-0.05, 0) is 53.2 Å². The zero-order valence-electron chi connectivity index (χ0n) is 17.9. The number of amides is 2. The zero-order valence-corrected chi connectivity index (χ0v) is 17.9. The van der Waals surface area contributed by atoms with Crippen LogP contribution in [0.2, 0.25) is 0 Å². The lowest BCUT2D eigenvalue weighted by atomic mass is 10.1. The molecule has 1 N–H and O–H groups in total. The van der Waals surface area contributed by atoms with Crippen molar-refractivity contribution in [2.24, 2.45) is 0 Å². The van der Waals surface area contributed by atoms with Crippen LogP contribution in [-0.2, 0) is 4.74 Å². The minimum absolute atomic E-state index is 0.0479.